The Kier molecular flexibility index (Phi) is 3.79. The molecule has 2 aromatic rings. The molecule has 0 bridgehead atoms. The van der Waals surface area contributed by atoms with Crippen LogP contribution in [-0.4, -0.2) is 14.9 Å². The zero-order chi connectivity index (χ0) is 14.7. The van der Waals surface area contributed by atoms with Gasteiger partial charge in [0.2, 0.25) is 17.6 Å². The van der Waals surface area contributed by atoms with Gasteiger partial charge in [0.25, 0.3) is 0 Å². The fourth-order valence-corrected chi connectivity index (χ4v) is 1.74. The van der Waals surface area contributed by atoms with E-state index in [-0.39, 0.29) is 23.3 Å². The van der Waals surface area contributed by atoms with Gasteiger partial charge in [-0.15, -0.1) is 0 Å². The predicted octanol–water partition coefficient (Wildman–Crippen LogP) is 2.63. The molecule has 7 heteroatoms. The van der Waals surface area contributed by atoms with Crippen molar-refractivity contribution in [1.29, 1.82) is 0 Å². The lowest BCUT2D eigenvalue weighted by molar-refractivity contribution is -0.385. The van der Waals surface area contributed by atoms with Crippen molar-refractivity contribution in [3.8, 4) is 11.6 Å². The predicted molar refractivity (Wildman–Crippen MR) is 73.7 cm³/mol. The molecule has 0 radical (unpaired) electrons. The number of anilines is 1. The number of benzene rings is 1. The fraction of sp³-hybridized carbons (Fsp3) is 0.231. The molecule has 1 aromatic heterocycles. The second kappa shape index (κ2) is 5.52. The molecule has 0 saturated heterocycles. The average Bonchev–Trinajstić information content (AvgIpc) is 2.37. The second-order valence-corrected chi connectivity index (χ2v) is 4.22. The van der Waals surface area contributed by atoms with E-state index in [1.54, 1.807) is 25.1 Å². The maximum Gasteiger partial charge on any atom is 0.311 e. The first-order valence-electron chi connectivity index (χ1n) is 6.06. The number of hydrogen-bond donors (Lipinski definition) is 1. The topological polar surface area (TPSA) is 104 Å². The third kappa shape index (κ3) is 3.00. The Bertz CT molecular complexity index is 638. The molecule has 0 aliphatic carbocycles. The lowest BCUT2D eigenvalue weighted by Crippen LogP contribution is -2.00. The molecular formula is C13H14N4O3. The van der Waals surface area contributed by atoms with Crippen LogP contribution in [0.15, 0.2) is 24.3 Å². The molecule has 0 aliphatic rings. The Balaban J connectivity index is 2.39. The number of nitro benzene ring substituents is 1. The van der Waals surface area contributed by atoms with Crippen LogP contribution in [0.4, 0.5) is 11.6 Å². The van der Waals surface area contributed by atoms with Crippen molar-refractivity contribution in [2.45, 2.75) is 20.3 Å². The fourth-order valence-electron chi connectivity index (χ4n) is 1.74. The molecular weight excluding hydrogens is 260 g/mol. The first kappa shape index (κ1) is 13.7. The normalized spacial score (nSPS) is 10.3. The van der Waals surface area contributed by atoms with E-state index in [0.29, 0.717) is 12.1 Å². The molecule has 0 aliphatic heterocycles. The van der Waals surface area contributed by atoms with Crippen molar-refractivity contribution < 1.29 is 9.66 Å². The number of rotatable bonds is 4. The van der Waals surface area contributed by atoms with Crippen LogP contribution in [0.25, 0.3) is 0 Å². The van der Waals surface area contributed by atoms with E-state index in [9.17, 15) is 10.1 Å². The summed E-state index contributed by atoms with van der Waals surface area (Å²) in [7, 11) is 0. The quantitative estimate of drug-likeness (QED) is 0.678. The van der Waals surface area contributed by atoms with Crippen LogP contribution < -0.4 is 10.5 Å². The van der Waals surface area contributed by atoms with E-state index in [0.717, 1.165) is 5.56 Å². The maximum absolute atomic E-state index is 11.1. The van der Waals surface area contributed by atoms with Gasteiger partial charge < -0.3 is 10.5 Å². The Morgan fingerprint density at radius 2 is 2.10 bits per heavy atom. The van der Waals surface area contributed by atoms with E-state index in [2.05, 4.69) is 9.97 Å². The highest BCUT2D eigenvalue weighted by atomic mass is 16.6. The highest BCUT2D eigenvalue weighted by molar-refractivity contribution is 5.50. The number of nitrogens with zero attached hydrogens (tertiary/aromatic N) is 3. The molecule has 0 atom stereocenters. The summed E-state index contributed by atoms with van der Waals surface area (Å²) in [6.45, 7) is 3.66. The van der Waals surface area contributed by atoms with Crippen LogP contribution in [-0.2, 0) is 6.42 Å². The first-order chi connectivity index (χ1) is 9.49. The number of nitrogens with two attached hydrogens (primary N) is 1. The van der Waals surface area contributed by atoms with Crippen LogP contribution in [0.2, 0.25) is 0 Å². The van der Waals surface area contributed by atoms with Crippen LogP contribution in [0.3, 0.4) is 0 Å². The molecule has 2 rings (SSSR count). The molecule has 0 saturated carbocycles. The molecule has 1 heterocycles. The van der Waals surface area contributed by atoms with Gasteiger partial charge >= 0.3 is 5.69 Å². The van der Waals surface area contributed by atoms with Crippen LogP contribution in [0.1, 0.15) is 18.2 Å². The highest BCUT2D eigenvalue weighted by Crippen LogP contribution is 2.31. The number of nitrogen functional groups attached to an aromatic ring is 1. The van der Waals surface area contributed by atoms with Crippen LogP contribution in [0, 0.1) is 17.0 Å². The van der Waals surface area contributed by atoms with Crippen LogP contribution in [0.5, 0.6) is 11.6 Å². The zero-order valence-electron chi connectivity index (χ0n) is 11.2. The monoisotopic (exact) mass is 274 g/mol. The summed E-state index contributed by atoms with van der Waals surface area (Å²) in [6.07, 6.45) is 0.709. The van der Waals surface area contributed by atoms with Gasteiger partial charge in [-0.2, -0.15) is 4.98 Å². The molecule has 20 heavy (non-hydrogen) atoms. The van der Waals surface area contributed by atoms with Crippen molar-refractivity contribution in [3.05, 3.63) is 45.6 Å². The third-order valence-electron chi connectivity index (χ3n) is 2.69. The number of nitro groups is 1. The van der Waals surface area contributed by atoms with E-state index < -0.39 is 4.92 Å². The zero-order valence-corrected chi connectivity index (χ0v) is 11.2. The minimum Gasteiger partial charge on any atom is -0.432 e. The van der Waals surface area contributed by atoms with Gasteiger partial charge in [0.15, 0.2) is 0 Å². The van der Waals surface area contributed by atoms with Gasteiger partial charge in [-0.05, 0) is 25.0 Å². The number of aryl methyl sites for hydroxylation is 2. The maximum atomic E-state index is 11.1. The second-order valence-electron chi connectivity index (χ2n) is 4.22. The number of ether oxygens (including phenoxy) is 1. The molecule has 1 aromatic carbocycles. The van der Waals surface area contributed by atoms with Crippen molar-refractivity contribution in [2.75, 3.05) is 5.73 Å². The van der Waals surface area contributed by atoms with Crippen molar-refractivity contribution in [1.82, 2.24) is 9.97 Å². The Labute approximate surface area is 115 Å². The molecule has 2 N–H and O–H groups in total. The van der Waals surface area contributed by atoms with Crippen molar-refractivity contribution in [3.63, 3.8) is 0 Å². The summed E-state index contributed by atoms with van der Waals surface area (Å²) in [5, 5.41) is 11.1. The summed E-state index contributed by atoms with van der Waals surface area (Å²) in [6, 6.07) is 6.39. The van der Waals surface area contributed by atoms with Gasteiger partial charge in [0, 0.05) is 17.8 Å². The molecule has 0 fully saturated rings. The van der Waals surface area contributed by atoms with Gasteiger partial charge in [0.1, 0.15) is 0 Å². The summed E-state index contributed by atoms with van der Waals surface area (Å²) >= 11 is 0. The van der Waals surface area contributed by atoms with Gasteiger partial charge in [-0.25, -0.2) is 4.98 Å². The molecule has 0 amide bonds. The van der Waals surface area contributed by atoms with Crippen molar-refractivity contribution in [2.24, 2.45) is 0 Å². The highest BCUT2D eigenvalue weighted by Gasteiger charge is 2.17. The third-order valence-corrected chi connectivity index (χ3v) is 2.69. The Hall–Kier alpha value is -2.70. The van der Waals surface area contributed by atoms with E-state index in [1.807, 2.05) is 6.92 Å². The Morgan fingerprint density at radius 1 is 1.35 bits per heavy atom. The van der Waals surface area contributed by atoms with Gasteiger partial charge in [-0.1, -0.05) is 13.0 Å². The summed E-state index contributed by atoms with van der Waals surface area (Å²) in [4.78, 5) is 18.4. The molecule has 7 nitrogen and oxygen atoms in total. The molecule has 0 unspecified atom stereocenters. The van der Waals surface area contributed by atoms with Gasteiger partial charge in [0.05, 0.1) is 4.92 Å². The standard InChI is InChI=1S/C13H14N4O3/c1-3-9-4-5-11(10(7-9)17(18)19)20-12-6-8(2)15-13(14)16-12/h4-7H,3H2,1-2H3,(H2,14,15,16). The lowest BCUT2D eigenvalue weighted by Gasteiger charge is -2.07. The number of aromatic nitrogens is 2. The smallest absolute Gasteiger partial charge is 0.311 e. The summed E-state index contributed by atoms with van der Waals surface area (Å²) in [5.74, 6) is 0.375. The molecule has 104 valence electrons. The minimum absolute atomic E-state index is 0.0628. The van der Waals surface area contributed by atoms with Crippen molar-refractivity contribution >= 4 is 11.6 Å². The van der Waals surface area contributed by atoms with E-state index in [4.69, 9.17) is 10.5 Å². The minimum atomic E-state index is -0.480. The number of hydrogen-bond acceptors (Lipinski definition) is 6. The summed E-state index contributed by atoms with van der Waals surface area (Å²) < 4.78 is 5.46. The SMILES string of the molecule is CCc1ccc(Oc2cc(C)nc(N)n2)c([N+](=O)[O-])c1. The largest absolute Gasteiger partial charge is 0.432 e. The average molecular weight is 274 g/mol. The van der Waals surface area contributed by atoms with Crippen LogP contribution >= 0.6 is 0 Å². The van der Waals surface area contributed by atoms with E-state index in [1.165, 1.54) is 6.07 Å². The Morgan fingerprint density at radius 3 is 2.70 bits per heavy atom. The molecule has 0 spiro atoms. The van der Waals surface area contributed by atoms with E-state index >= 15 is 0 Å². The van der Waals surface area contributed by atoms with Gasteiger partial charge in [-0.3, -0.25) is 10.1 Å². The summed E-state index contributed by atoms with van der Waals surface area (Å²) in [5.41, 5.74) is 6.91. The lowest BCUT2D eigenvalue weighted by atomic mass is 10.1. The first-order valence-corrected chi connectivity index (χ1v) is 6.06.